The van der Waals surface area contributed by atoms with Gasteiger partial charge in [-0.2, -0.15) is 5.26 Å². The van der Waals surface area contributed by atoms with Gasteiger partial charge in [-0.05, 0) is 109 Å². The molecule has 2 aliphatic carbocycles. The SMILES string of the molecule is N#CC1=CC(COc2cc(O[C@H]3CCc4c(-c5ccc6c(c5)OC(F)(F)O6)cccc43)c(Cl)cc2CCCCC(CO)C(=O)O)=CCCC=C1. The second-order valence-corrected chi connectivity index (χ2v) is 12.9. The maximum Gasteiger partial charge on any atom is 0.586 e. The molecule has 11 heteroatoms. The number of benzene rings is 3. The minimum absolute atomic E-state index is 0.0116. The van der Waals surface area contributed by atoms with E-state index in [1.54, 1.807) is 24.3 Å². The van der Waals surface area contributed by atoms with Crippen molar-refractivity contribution in [2.24, 2.45) is 5.92 Å². The van der Waals surface area contributed by atoms with Crippen LogP contribution in [0, 0.1) is 17.2 Å². The van der Waals surface area contributed by atoms with Crippen LogP contribution in [0.3, 0.4) is 0 Å². The van der Waals surface area contributed by atoms with Gasteiger partial charge in [0.2, 0.25) is 0 Å². The quantitative estimate of drug-likeness (QED) is 0.170. The van der Waals surface area contributed by atoms with Crippen molar-refractivity contribution in [1.29, 1.82) is 5.26 Å². The van der Waals surface area contributed by atoms with Crippen molar-refractivity contribution in [2.45, 2.75) is 63.8 Å². The van der Waals surface area contributed by atoms with Gasteiger partial charge in [-0.1, -0.05) is 54.4 Å². The number of carbonyl (C=O) groups is 1. The zero-order valence-electron chi connectivity index (χ0n) is 27.2. The minimum atomic E-state index is -3.70. The van der Waals surface area contributed by atoms with E-state index in [4.69, 9.17) is 21.1 Å². The Hall–Kier alpha value is -4.85. The first-order chi connectivity index (χ1) is 24.1. The smallest absolute Gasteiger partial charge is 0.488 e. The molecule has 2 N–H and O–H groups in total. The number of halogens is 3. The van der Waals surface area contributed by atoms with Crippen LogP contribution in [0.2, 0.25) is 5.02 Å². The number of alkyl halides is 2. The average molecular weight is 704 g/mol. The van der Waals surface area contributed by atoms with Crippen molar-refractivity contribution in [3.05, 3.63) is 106 Å². The third-order valence-electron chi connectivity index (χ3n) is 9.03. The molecule has 0 saturated carbocycles. The minimum Gasteiger partial charge on any atom is -0.488 e. The van der Waals surface area contributed by atoms with Gasteiger partial charge in [-0.3, -0.25) is 4.79 Å². The van der Waals surface area contributed by atoms with Gasteiger partial charge in [0.1, 0.15) is 24.2 Å². The molecule has 50 heavy (non-hydrogen) atoms. The Bertz CT molecular complexity index is 1900. The van der Waals surface area contributed by atoms with Crippen LogP contribution in [0.4, 0.5) is 8.78 Å². The number of fused-ring (bicyclic) bond motifs is 2. The first-order valence-corrected chi connectivity index (χ1v) is 17.0. The number of carboxylic acid groups (broad SMARTS) is 1. The van der Waals surface area contributed by atoms with Crippen LogP contribution in [-0.4, -0.2) is 35.7 Å². The number of allylic oxidation sites excluding steroid dienone is 4. The van der Waals surface area contributed by atoms with E-state index in [-0.39, 0.29) is 24.2 Å². The Morgan fingerprint density at radius 3 is 2.74 bits per heavy atom. The topological polar surface area (TPSA) is 118 Å². The monoisotopic (exact) mass is 703 g/mol. The van der Waals surface area contributed by atoms with Gasteiger partial charge >= 0.3 is 12.3 Å². The molecule has 3 aromatic rings. The number of hydrogen-bond donors (Lipinski definition) is 2. The molecule has 2 atom stereocenters. The van der Waals surface area contributed by atoms with E-state index in [1.807, 2.05) is 42.5 Å². The summed E-state index contributed by atoms with van der Waals surface area (Å²) in [6, 6.07) is 16.4. The predicted octanol–water partition coefficient (Wildman–Crippen LogP) is 8.91. The highest BCUT2D eigenvalue weighted by Crippen LogP contribution is 2.46. The Kier molecular flexibility index (Phi) is 10.8. The normalized spacial score (nSPS) is 17.9. The molecule has 0 saturated heterocycles. The number of aliphatic carboxylic acids is 1. The summed E-state index contributed by atoms with van der Waals surface area (Å²) < 4.78 is 49.5. The Morgan fingerprint density at radius 2 is 1.94 bits per heavy atom. The molecule has 3 aliphatic rings. The van der Waals surface area contributed by atoms with Crippen LogP contribution in [0.25, 0.3) is 11.1 Å². The molecule has 0 amide bonds. The number of rotatable bonds is 13. The lowest BCUT2D eigenvalue weighted by Crippen LogP contribution is -2.25. The van der Waals surface area contributed by atoms with Gasteiger partial charge in [0.25, 0.3) is 0 Å². The standard InChI is InChI=1S/C39H36ClF2NO7/c40-32-18-27(9-4-5-10-28(22-44)38(45)46)35(47-23-25-8-3-1-2-7-24(17-25)21-43)20-36(32)48-33-16-14-30-29(11-6-12-31(30)33)26-13-15-34-37(19-26)50-39(41,42)49-34/h2,6-8,11-13,15,17-20,28,33,44H,1,3-5,9-10,14,16,22-23H2,(H,45,46)/t28?,33-/m0/s1. The number of nitriles is 1. The van der Waals surface area contributed by atoms with E-state index < -0.39 is 24.8 Å². The van der Waals surface area contributed by atoms with Gasteiger partial charge < -0.3 is 29.2 Å². The number of aryl methyl sites for hydroxylation is 1. The zero-order chi connectivity index (χ0) is 35.3. The van der Waals surface area contributed by atoms with Gasteiger partial charge in [0, 0.05) is 6.07 Å². The van der Waals surface area contributed by atoms with Gasteiger partial charge in [-0.15, -0.1) is 8.78 Å². The molecular weight excluding hydrogens is 668 g/mol. The van der Waals surface area contributed by atoms with Crippen LogP contribution < -0.4 is 18.9 Å². The zero-order valence-corrected chi connectivity index (χ0v) is 27.9. The lowest BCUT2D eigenvalue weighted by atomic mass is 9.96. The average Bonchev–Trinajstić information content (AvgIpc) is 3.63. The van der Waals surface area contributed by atoms with E-state index in [2.05, 4.69) is 15.5 Å². The maximum absolute atomic E-state index is 13.7. The Balaban J connectivity index is 1.23. The van der Waals surface area contributed by atoms with E-state index in [9.17, 15) is 29.1 Å². The molecule has 260 valence electrons. The van der Waals surface area contributed by atoms with E-state index >= 15 is 0 Å². The summed E-state index contributed by atoms with van der Waals surface area (Å²) >= 11 is 6.82. The lowest BCUT2D eigenvalue weighted by Gasteiger charge is -2.20. The van der Waals surface area contributed by atoms with E-state index in [0.717, 1.165) is 46.2 Å². The van der Waals surface area contributed by atoms with Crippen molar-refractivity contribution in [3.63, 3.8) is 0 Å². The highest BCUT2D eigenvalue weighted by atomic mass is 35.5. The van der Waals surface area contributed by atoms with Crippen LogP contribution in [-0.2, 0) is 17.6 Å². The Labute approximate surface area is 293 Å². The van der Waals surface area contributed by atoms with Gasteiger partial charge in [0.15, 0.2) is 11.5 Å². The van der Waals surface area contributed by atoms with Crippen molar-refractivity contribution < 1.29 is 42.7 Å². The number of ether oxygens (including phenoxy) is 4. The summed E-state index contributed by atoms with van der Waals surface area (Å²) in [4.78, 5) is 11.3. The second kappa shape index (κ2) is 15.4. The van der Waals surface area contributed by atoms with Crippen LogP contribution in [0.1, 0.15) is 61.3 Å². The summed E-state index contributed by atoms with van der Waals surface area (Å²) in [5.41, 5.74) is 5.85. The largest absolute Gasteiger partial charge is 0.586 e. The van der Waals surface area contributed by atoms with Crippen LogP contribution in [0.5, 0.6) is 23.0 Å². The van der Waals surface area contributed by atoms with Crippen molar-refractivity contribution in [2.75, 3.05) is 13.2 Å². The summed E-state index contributed by atoms with van der Waals surface area (Å²) in [7, 11) is 0. The third-order valence-corrected chi connectivity index (χ3v) is 9.33. The van der Waals surface area contributed by atoms with Crippen LogP contribution in [0.15, 0.2) is 84.0 Å². The predicted molar refractivity (Wildman–Crippen MR) is 183 cm³/mol. The first kappa shape index (κ1) is 35.0. The number of carboxylic acids is 1. The molecule has 0 aromatic heterocycles. The first-order valence-electron chi connectivity index (χ1n) is 16.6. The molecule has 0 fully saturated rings. The number of aliphatic hydroxyl groups is 1. The van der Waals surface area contributed by atoms with Crippen molar-refractivity contribution in [3.8, 4) is 40.2 Å². The Morgan fingerprint density at radius 1 is 1.10 bits per heavy atom. The summed E-state index contributed by atoms with van der Waals surface area (Å²) in [6.45, 7) is -0.193. The summed E-state index contributed by atoms with van der Waals surface area (Å²) in [5, 5.41) is 28.6. The van der Waals surface area contributed by atoms with Crippen LogP contribution >= 0.6 is 11.6 Å². The molecule has 1 unspecified atom stereocenters. The van der Waals surface area contributed by atoms with Gasteiger partial charge in [0.05, 0.1) is 29.2 Å². The molecule has 8 nitrogen and oxygen atoms in total. The number of nitrogens with zero attached hydrogens (tertiary/aromatic N) is 1. The lowest BCUT2D eigenvalue weighted by molar-refractivity contribution is -0.286. The van der Waals surface area contributed by atoms with Gasteiger partial charge in [-0.25, -0.2) is 0 Å². The fourth-order valence-electron chi connectivity index (χ4n) is 6.49. The molecule has 3 aromatic carbocycles. The van der Waals surface area contributed by atoms with E-state index in [1.165, 1.54) is 6.07 Å². The van der Waals surface area contributed by atoms with E-state index in [0.29, 0.717) is 60.6 Å². The van der Waals surface area contributed by atoms with Crippen molar-refractivity contribution >= 4 is 17.6 Å². The molecule has 0 spiro atoms. The molecule has 6 rings (SSSR count). The molecule has 0 radical (unpaired) electrons. The molecule has 1 heterocycles. The molecule has 1 aliphatic heterocycles. The molecular formula is C39H36ClF2NO7. The number of unbranched alkanes of at least 4 members (excludes halogenated alkanes) is 1. The van der Waals surface area contributed by atoms with Crippen molar-refractivity contribution in [1.82, 2.24) is 0 Å². The highest BCUT2D eigenvalue weighted by molar-refractivity contribution is 6.32. The maximum atomic E-state index is 13.7. The fourth-order valence-corrected chi connectivity index (χ4v) is 6.72. The number of aliphatic hydroxyl groups excluding tert-OH is 1. The third kappa shape index (κ3) is 8.12. The number of hydrogen-bond acceptors (Lipinski definition) is 7. The second-order valence-electron chi connectivity index (χ2n) is 12.5. The fraction of sp³-hybridized carbons (Fsp3) is 0.333. The summed E-state index contributed by atoms with van der Waals surface area (Å²) in [6.07, 6.45) is 8.74. The summed E-state index contributed by atoms with van der Waals surface area (Å²) in [5.74, 6) is -0.854. The molecule has 0 bridgehead atoms. The highest BCUT2D eigenvalue weighted by Gasteiger charge is 2.43.